The number of hydrogen-bond acceptors (Lipinski definition) is 3. The van der Waals surface area contributed by atoms with Crippen LogP contribution >= 0.6 is 0 Å². The quantitative estimate of drug-likeness (QED) is 0.614. The van der Waals surface area contributed by atoms with Crippen molar-refractivity contribution in [2.24, 2.45) is 0 Å². The number of aliphatic carboxylic acids is 1. The van der Waals surface area contributed by atoms with E-state index in [-0.39, 0.29) is 6.42 Å². The number of nitrogens with zero attached hydrogens (tertiary/aromatic N) is 1. The molecule has 1 rings (SSSR count). The maximum absolute atomic E-state index is 10.2. The van der Waals surface area contributed by atoms with Gasteiger partial charge in [0.25, 0.3) is 0 Å². The number of carbonyl (C=O) groups is 1. The highest BCUT2D eigenvalue weighted by atomic mass is 16.4. The largest absolute Gasteiger partial charge is 0.481 e. The molecule has 0 aromatic heterocycles. The van der Waals surface area contributed by atoms with Crippen molar-refractivity contribution >= 4 is 5.97 Å². The molecule has 4 nitrogen and oxygen atoms in total. The second-order valence-corrected chi connectivity index (χ2v) is 3.98. The molecule has 1 unspecified atom stereocenters. The Balaban J connectivity index is 1.95. The smallest absolute Gasteiger partial charge is 0.303 e. The Labute approximate surface area is 85.3 Å². The first kappa shape index (κ1) is 11.5. The minimum Gasteiger partial charge on any atom is -0.481 e. The van der Waals surface area contributed by atoms with Gasteiger partial charge in [0, 0.05) is 19.0 Å². The first-order valence-corrected chi connectivity index (χ1v) is 5.33. The molecule has 0 bridgehead atoms. The zero-order valence-electron chi connectivity index (χ0n) is 8.83. The van der Waals surface area contributed by atoms with Gasteiger partial charge in [-0.25, -0.2) is 0 Å². The highest BCUT2D eigenvalue weighted by molar-refractivity contribution is 5.66. The van der Waals surface area contributed by atoms with Gasteiger partial charge in [-0.15, -0.1) is 0 Å². The number of rotatable bonds is 6. The molecule has 0 saturated carbocycles. The summed E-state index contributed by atoms with van der Waals surface area (Å²) in [7, 11) is 2.15. The molecule has 1 aliphatic rings. The monoisotopic (exact) mass is 200 g/mol. The van der Waals surface area contributed by atoms with Crippen molar-refractivity contribution in [1.29, 1.82) is 0 Å². The Kier molecular flexibility index (Phi) is 4.90. The van der Waals surface area contributed by atoms with Crippen molar-refractivity contribution in [3.8, 4) is 0 Å². The van der Waals surface area contributed by atoms with E-state index in [1.165, 1.54) is 19.4 Å². The van der Waals surface area contributed by atoms with Gasteiger partial charge >= 0.3 is 5.97 Å². The maximum atomic E-state index is 10.2. The SMILES string of the molecule is CN1CCCC1CNCCCC(=O)O. The minimum atomic E-state index is -0.704. The zero-order chi connectivity index (χ0) is 10.4. The topological polar surface area (TPSA) is 52.6 Å². The average molecular weight is 200 g/mol. The normalized spacial score (nSPS) is 22.8. The molecule has 1 heterocycles. The Bertz CT molecular complexity index is 185. The van der Waals surface area contributed by atoms with Gasteiger partial charge in [0.1, 0.15) is 0 Å². The van der Waals surface area contributed by atoms with Crippen LogP contribution in [0, 0.1) is 0 Å². The van der Waals surface area contributed by atoms with Crippen LogP contribution in [0.1, 0.15) is 25.7 Å². The fourth-order valence-corrected chi connectivity index (χ4v) is 1.87. The van der Waals surface area contributed by atoms with Gasteiger partial charge in [-0.2, -0.15) is 0 Å². The summed E-state index contributed by atoms with van der Waals surface area (Å²) in [5.74, 6) is -0.704. The van der Waals surface area contributed by atoms with Gasteiger partial charge in [0.15, 0.2) is 0 Å². The standard InChI is InChI=1S/C10H20N2O2/c1-12-7-3-4-9(12)8-11-6-2-5-10(13)14/h9,11H,2-8H2,1H3,(H,13,14). The van der Waals surface area contributed by atoms with E-state index in [0.29, 0.717) is 6.04 Å². The van der Waals surface area contributed by atoms with Crippen molar-refractivity contribution in [3.05, 3.63) is 0 Å². The lowest BCUT2D eigenvalue weighted by Crippen LogP contribution is -2.35. The predicted molar refractivity (Wildman–Crippen MR) is 55.4 cm³/mol. The van der Waals surface area contributed by atoms with Crippen LogP contribution in [-0.4, -0.2) is 48.7 Å². The minimum absolute atomic E-state index is 0.271. The average Bonchev–Trinajstić information content (AvgIpc) is 2.51. The van der Waals surface area contributed by atoms with Gasteiger partial charge in [-0.3, -0.25) is 4.79 Å². The lowest BCUT2D eigenvalue weighted by molar-refractivity contribution is -0.137. The summed E-state index contributed by atoms with van der Waals surface area (Å²) in [6.07, 6.45) is 3.56. The molecule has 14 heavy (non-hydrogen) atoms. The molecule has 1 fully saturated rings. The van der Waals surface area contributed by atoms with E-state index in [9.17, 15) is 4.79 Å². The fourth-order valence-electron chi connectivity index (χ4n) is 1.87. The first-order valence-electron chi connectivity index (χ1n) is 5.33. The lowest BCUT2D eigenvalue weighted by Gasteiger charge is -2.19. The number of carboxylic acids is 1. The highest BCUT2D eigenvalue weighted by Gasteiger charge is 2.19. The number of likely N-dealkylation sites (tertiary alicyclic amines) is 1. The first-order chi connectivity index (χ1) is 6.70. The third-order valence-corrected chi connectivity index (χ3v) is 2.80. The molecular formula is C10H20N2O2. The zero-order valence-corrected chi connectivity index (χ0v) is 8.83. The van der Waals surface area contributed by atoms with E-state index < -0.39 is 5.97 Å². The number of likely N-dealkylation sites (N-methyl/N-ethyl adjacent to an activating group) is 1. The van der Waals surface area contributed by atoms with Crippen LogP contribution in [0.5, 0.6) is 0 Å². The van der Waals surface area contributed by atoms with Crippen LogP contribution in [0.2, 0.25) is 0 Å². The van der Waals surface area contributed by atoms with E-state index in [1.807, 2.05) is 0 Å². The molecule has 0 radical (unpaired) electrons. The summed E-state index contributed by atoms with van der Waals surface area (Å²) in [4.78, 5) is 12.6. The Hall–Kier alpha value is -0.610. The molecule has 4 heteroatoms. The summed E-state index contributed by atoms with van der Waals surface area (Å²) in [6, 6.07) is 0.653. The van der Waals surface area contributed by atoms with E-state index in [2.05, 4.69) is 17.3 Å². The summed E-state index contributed by atoms with van der Waals surface area (Å²) in [5, 5.41) is 11.7. The predicted octanol–water partition coefficient (Wildman–Crippen LogP) is 0.535. The molecule has 0 spiro atoms. The van der Waals surface area contributed by atoms with Gasteiger partial charge in [-0.05, 0) is 39.4 Å². The van der Waals surface area contributed by atoms with Gasteiger partial charge in [-0.1, -0.05) is 0 Å². The van der Waals surface area contributed by atoms with Crippen LogP contribution in [0.25, 0.3) is 0 Å². The van der Waals surface area contributed by atoms with Crippen LogP contribution in [0.3, 0.4) is 0 Å². The van der Waals surface area contributed by atoms with Gasteiger partial charge < -0.3 is 15.3 Å². The summed E-state index contributed by atoms with van der Waals surface area (Å²) in [5.41, 5.74) is 0. The molecule has 0 aliphatic carbocycles. The number of hydrogen-bond donors (Lipinski definition) is 2. The molecule has 0 aromatic rings. The van der Waals surface area contributed by atoms with Crippen molar-refractivity contribution in [2.45, 2.75) is 31.7 Å². The van der Waals surface area contributed by atoms with Gasteiger partial charge in [0.05, 0.1) is 0 Å². The van der Waals surface area contributed by atoms with E-state index in [1.54, 1.807) is 0 Å². The highest BCUT2D eigenvalue weighted by Crippen LogP contribution is 2.13. The fraction of sp³-hybridized carbons (Fsp3) is 0.900. The molecule has 0 aromatic carbocycles. The van der Waals surface area contributed by atoms with E-state index in [0.717, 1.165) is 19.5 Å². The summed E-state index contributed by atoms with van der Waals surface area (Å²) < 4.78 is 0. The Morgan fingerprint density at radius 1 is 1.64 bits per heavy atom. The van der Waals surface area contributed by atoms with Crippen LogP contribution in [0.4, 0.5) is 0 Å². The summed E-state index contributed by atoms with van der Waals surface area (Å²) >= 11 is 0. The number of carboxylic acid groups (broad SMARTS) is 1. The van der Waals surface area contributed by atoms with Crippen LogP contribution in [0.15, 0.2) is 0 Å². The molecule has 82 valence electrons. The molecule has 1 aliphatic heterocycles. The van der Waals surface area contributed by atoms with Gasteiger partial charge in [0.2, 0.25) is 0 Å². The van der Waals surface area contributed by atoms with Crippen LogP contribution < -0.4 is 5.32 Å². The molecule has 1 saturated heterocycles. The van der Waals surface area contributed by atoms with Crippen molar-refractivity contribution in [2.75, 3.05) is 26.7 Å². The van der Waals surface area contributed by atoms with Crippen molar-refractivity contribution in [1.82, 2.24) is 10.2 Å². The molecule has 2 N–H and O–H groups in total. The molecular weight excluding hydrogens is 180 g/mol. The van der Waals surface area contributed by atoms with Crippen LogP contribution in [-0.2, 0) is 4.79 Å². The molecule has 0 amide bonds. The third kappa shape index (κ3) is 4.07. The maximum Gasteiger partial charge on any atom is 0.303 e. The second kappa shape index (κ2) is 5.98. The van der Waals surface area contributed by atoms with E-state index >= 15 is 0 Å². The second-order valence-electron chi connectivity index (χ2n) is 3.98. The lowest BCUT2D eigenvalue weighted by atomic mass is 10.2. The third-order valence-electron chi connectivity index (χ3n) is 2.80. The Morgan fingerprint density at radius 3 is 3.00 bits per heavy atom. The summed E-state index contributed by atoms with van der Waals surface area (Å²) in [6.45, 7) is 3.01. The number of nitrogens with one attached hydrogen (secondary N) is 1. The molecule has 1 atom stereocenters. The van der Waals surface area contributed by atoms with Crippen molar-refractivity contribution < 1.29 is 9.90 Å². The van der Waals surface area contributed by atoms with E-state index in [4.69, 9.17) is 5.11 Å². The Morgan fingerprint density at radius 2 is 2.43 bits per heavy atom. The van der Waals surface area contributed by atoms with Crippen molar-refractivity contribution in [3.63, 3.8) is 0 Å².